The van der Waals surface area contributed by atoms with Crippen molar-refractivity contribution in [2.24, 2.45) is 11.8 Å². The van der Waals surface area contributed by atoms with Crippen LogP contribution < -0.4 is 24.8 Å². The van der Waals surface area contributed by atoms with Gasteiger partial charge in [-0.15, -0.1) is 12.8 Å². The molecule has 0 heterocycles. The zero-order valence-corrected chi connectivity index (χ0v) is 16.3. The fourth-order valence-corrected chi connectivity index (χ4v) is 2.45. The minimum atomic E-state index is 0. The largest absolute Gasteiger partial charge is 4.00 e. The van der Waals surface area contributed by atoms with Gasteiger partial charge in [0.05, 0.1) is 0 Å². The summed E-state index contributed by atoms with van der Waals surface area (Å²) < 4.78 is 0. The summed E-state index contributed by atoms with van der Waals surface area (Å²) in [6, 6.07) is 0. The van der Waals surface area contributed by atoms with Gasteiger partial charge < -0.3 is 24.8 Å². The van der Waals surface area contributed by atoms with Crippen LogP contribution in [-0.4, -0.2) is 0 Å². The monoisotopic (exact) mass is 398 g/mol. The third-order valence-corrected chi connectivity index (χ3v) is 3.94. The zero-order valence-electron chi connectivity index (χ0n) is 12.4. The molecule has 0 amide bonds. The molecule has 0 radical (unpaired) electrons. The van der Waals surface area contributed by atoms with Gasteiger partial charge in [-0.1, -0.05) is 12.8 Å². The van der Waals surface area contributed by atoms with Crippen molar-refractivity contribution in [1.29, 1.82) is 0 Å². The molecule has 4 aliphatic carbocycles. The van der Waals surface area contributed by atoms with Gasteiger partial charge in [-0.25, -0.2) is 23.3 Å². The number of halogens is 2. The molecule has 0 unspecified atom stereocenters. The Morgan fingerprint density at radius 3 is 1.38 bits per heavy atom. The Bertz CT molecular complexity index is 373. The summed E-state index contributed by atoms with van der Waals surface area (Å²) in [5.74, 6) is 2.05. The standard InChI is InChI=1S/2C9H11.2ClH.Zr/c2*1-2-4-8(3-1)7-9-5-6-9;;;/h2*1,3,9H,2,5-7H2;2*1H;/q2*-1;;;+4/p-2. The van der Waals surface area contributed by atoms with Crippen LogP contribution in [0.4, 0.5) is 0 Å². The maximum Gasteiger partial charge on any atom is 4.00 e. The van der Waals surface area contributed by atoms with Crippen molar-refractivity contribution in [3.8, 4) is 0 Å². The first-order valence-electron chi connectivity index (χ1n) is 7.42. The third kappa shape index (κ3) is 8.58. The summed E-state index contributed by atoms with van der Waals surface area (Å²) in [4.78, 5) is 0. The van der Waals surface area contributed by atoms with E-state index < -0.39 is 0 Å². The van der Waals surface area contributed by atoms with Crippen LogP contribution in [0, 0.1) is 24.0 Å². The topological polar surface area (TPSA) is 0 Å². The Morgan fingerprint density at radius 1 is 0.762 bits per heavy atom. The van der Waals surface area contributed by atoms with Crippen LogP contribution in [0.15, 0.2) is 35.5 Å². The molecule has 112 valence electrons. The van der Waals surface area contributed by atoms with E-state index in [9.17, 15) is 0 Å². The van der Waals surface area contributed by atoms with Gasteiger partial charge in [0.2, 0.25) is 0 Å². The molecule has 3 heteroatoms. The molecule has 0 aliphatic heterocycles. The Kier molecular flexibility index (Phi) is 11.3. The van der Waals surface area contributed by atoms with Crippen LogP contribution in [0.1, 0.15) is 51.4 Å². The average molecular weight is 401 g/mol. The van der Waals surface area contributed by atoms with E-state index in [1.807, 2.05) is 0 Å². The molecule has 4 rings (SSSR count). The van der Waals surface area contributed by atoms with E-state index >= 15 is 0 Å². The van der Waals surface area contributed by atoms with Crippen LogP contribution in [-0.2, 0) is 26.2 Å². The van der Waals surface area contributed by atoms with Crippen LogP contribution in [0.3, 0.4) is 0 Å². The van der Waals surface area contributed by atoms with Gasteiger partial charge in [-0.2, -0.15) is 12.2 Å². The normalized spacial score (nSPS) is 21.1. The molecule has 21 heavy (non-hydrogen) atoms. The molecule has 0 saturated heterocycles. The quantitative estimate of drug-likeness (QED) is 0.529. The molecule has 0 aromatic rings. The Balaban J connectivity index is 0.000000333. The van der Waals surface area contributed by atoms with Crippen LogP contribution >= 0.6 is 0 Å². The second-order valence-corrected chi connectivity index (χ2v) is 5.91. The van der Waals surface area contributed by atoms with Gasteiger partial charge >= 0.3 is 26.2 Å². The van der Waals surface area contributed by atoms with E-state index in [0.717, 1.165) is 24.7 Å². The molecule has 4 aliphatic rings. The van der Waals surface area contributed by atoms with Gasteiger partial charge in [-0.3, -0.25) is 12.2 Å². The molecule has 0 aromatic heterocycles. The van der Waals surface area contributed by atoms with Crippen molar-refractivity contribution in [2.45, 2.75) is 51.4 Å². The first kappa shape index (κ1) is 21.4. The first-order chi connectivity index (χ1) is 8.90. The van der Waals surface area contributed by atoms with E-state index in [4.69, 9.17) is 0 Å². The number of rotatable bonds is 4. The van der Waals surface area contributed by atoms with Crippen LogP contribution in [0.5, 0.6) is 0 Å². The molecule has 2 saturated carbocycles. The maximum atomic E-state index is 3.33. The minimum absolute atomic E-state index is 0. The predicted octanol–water partition coefficient (Wildman–Crippen LogP) is -1.04. The number of hydrogen-bond acceptors (Lipinski definition) is 0. The number of allylic oxidation sites excluding steroid dienone is 8. The van der Waals surface area contributed by atoms with E-state index in [2.05, 4.69) is 36.5 Å². The van der Waals surface area contributed by atoms with Gasteiger partial charge in [-0.05, 0) is 37.5 Å². The van der Waals surface area contributed by atoms with Gasteiger partial charge in [0, 0.05) is 0 Å². The summed E-state index contributed by atoms with van der Waals surface area (Å²) >= 11 is 0. The average Bonchev–Trinajstić information content (AvgIpc) is 3.23. The van der Waals surface area contributed by atoms with Crippen molar-refractivity contribution < 1.29 is 51.0 Å². The molecule has 0 bridgehead atoms. The molecule has 0 N–H and O–H groups in total. The van der Waals surface area contributed by atoms with Crippen molar-refractivity contribution in [3.63, 3.8) is 0 Å². The third-order valence-electron chi connectivity index (χ3n) is 3.94. The van der Waals surface area contributed by atoms with E-state index in [0.29, 0.717) is 0 Å². The minimum Gasteiger partial charge on any atom is -1.00 e. The maximum absolute atomic E-state index is 3.33. The summed E-state index contributed by atoms with van der Waals surface area (Å²) in [7, 11) is 0. The fraction of sp³-hybridized carbons (Fsp3) is 0.556. The molecule has 0 spiro atoms. The Labute approximate surface area is 161 Å². The Hall–Kier alpha value is 0.423. The summed E-state index contributed by atoms with van der Waals surface area (Å²) in [5.41, 5.74) is 2.91. The predicted molar refractivity (Wildman–Crippen MR) is 75.7 cm³/mol. The summed E-state index contributed by atoms with van der Waals surface area (Å²) in [6.45, 7) is 0. The van der Waals surface area contributed by atoms with Gasteiger partial charge in [0.15, 0.2) is 0 Å². The molecular formula is C18H22Cl2Zr. The second-order valence-electron chi connectivity index (χ2n) is 5.91. The van der Waals surface area contributed by atoms with E-state index in [1.54, 1.807) is 0 Å². The number of hydrogen-bond donors (Lipinski definition) is 0. The first-order valence-corrected chi connectivity index (χ1v) is 7.42. The summed E-state index contributed by atoms with van der Waals surface area (Å²) in [6.07, 6.45) is 26.0. The fourth-order valence-electron chi connectivity index (χ4n) is 2.45. The zero-order chi connectivity index (χ0) is 12.2. The second kappa shape index (κ2) is 11.0. The van der Waals surface area contributed by atoms with Crippen molar-refractivity contribution in [3.05, 3.63) is 47.6 Å². The Morgan fingerprint density at radius 2 is 1.14 bits per heavy atom. The summed E-state index contributed by atoms with van der Waals surface area (Å²) in [5, 5.41) is 0. The van der Waals surface area contributed by atoms with Crippen molar-refractivity contribution in [2.75, 3.05) is 0 Å². The van der Waals surface area contributed by atoms with Crippen LogP contribution in [0.25, 0.3) is 0 Å². The van der Waals surface area contributed by atoms with Crippen LogP contribution in [0.2, 0.25) is 0 Å². The van der Waals surface area contributed by atoms with Crippen molar-refractivity contribution >= 4 is 0 Å². The molecular weight excluding hydrogens is 378 g/mol. The smallest absolute Gasteiger partial charge is 1.00 e. The molecule has 0 atom stereocenters. The molecule has 2 fully saturated rings. The molecule has 0 aromatic carbocycles. The van der Waals surface area contributed by atoms with Gasteiger partial charge in [0.25, 0.3) is 0 Å². The van der Waals surface area contributed by atoms with Crippen molar-refractivity contribution in [1.82, 2.24) is 0 Å². The van der Waals surface area contributed by atoms with Gasteiger partial charge in [0.1, 0.15) is 0 Å². The van der Waals surface area contributed by atoms with E-state index in [-0.39, 0.29) is 51.0 Å². The van der Waals surface area contributed by atoms with E-state index in [1.165, 1.54) is 49.7 Å². The SMILES string of the molecule is [C-]1=C(CC2CC2)C=CC1.[C-]1=C(CC2CC2)C=CC1.[Cl-].[Cl-].[Zr+4]. The molecule has 0 nitrogen and oxygen atoms in total.